The van der Waals surface area contributed by atoms with Crippen LogP contribution in [-0.4, -0.2) is 121 Å². The molecule has 244 valence electrons. The smallest absolute Gasteiger partial charge is 0.326 e. The van der Waals surface area contributed by atoms with Gasteiger partial charge in [-0.15, -0.1) is 5.10 Å². The second kappa shape index (κ2) is 16.7. The summed E-state index contributed by atoms with van der Waals surface area (Å²) >= 11 is 0. The van der Waals surface area contributed by atoms with Gasteiger partial charge in [-0.05, 0) is 30.4 Å². The van der Waals surface area contributed by atoms with E-state index in [-0.39, 0.29) is 37.6 Å². The Balaban J connectivity index is 1.45. The van der Waals surface area contributed by atoms with Crippen LogP contribution in [0.3, 0.4) is 0 Å². The van der Waals surface area contributed by atoms with Crippen molar-refractivity contribution in [3.63, 3.8) is 0 Å². The van der Waals surface area contributed by atoms with Gasteiger partial charge in [-0.1, -0.05) is 29.5 Å². The molecule has 4 amide bonds. The minimum atomic E-state index is -1.51. The van der Waals surface area contributed by atoms with Crippen molar-refractivity contribution >= 4 is 35.8 Å². The van der Waals surface area contributed by atoms with Gasteiger partial charge in [-0.25, -0.2) is 19.1 Å². The van der Waals surface area contributed by atoms with Gasteiger partial charge in [0.05, 0.1) is 18.8 Å². The Hall–Kier alpha value is -5.09. The second-order valence-corrected chi connectivity index (χ2v) is 10.5. The highest BCUT2D eigenvalue weighted by Gasteiger charge is 2.26. The molecule has 2 atom stereocenters. The van der Waals surface area contributed by atoms with E-state index >= 15 is 0 Å². The standard InChI is InChI=1S/C28H36FN7O9/c29-9-1-2-20-16-36(33-32-20)17-24(38)35-12-10-34(11-13-35)23(37)15-19-5-3-18(4-6-19)14-22(27(43)44)31-28(45)30-21(26(41)42)7-8-25(39)40/h3-6,16,21-22H,1-2,7-15,17H2,(H,39,40)(H,41,42)(H,43,44)(H2,30,31,45)/t21-,22-/m0/s1. The molecule has 2 heterocycles. The van der Waals surface area contributed by atoms with Gasteiger partial charge in [-0.3, -0.25) is 18.8 Å². The first-order chi connectivity index (χ1) is 21.4. The molecule has 0 aliphatic carbocycles. The number of aromatic nitrogens is 3. The van der Waals surface area contributed by atoms with Crippen molar-refractivity contribution in [2.24, 2.45) is 0 Å². The summed E-state index contributed by atoms with van der Waals surface area (Å²) in [6.07, 6.45) is 1.49. The monoisotopic (exact) mass is 633 g/mol. The molecule has 1 aliphatic rings. The van der Waals surface area contributed by atoms with Gasteiger partial charge < -0.3 is 35.8 Å². The molecule has 0 radical (unpaired) electrons. The minimum Gasteiger partial charge on any atom is -0.481 e. The lowest BCUT2D eigenvalue weighted by atomic mass is 10.0. The van der Waals surface area contributed by atoms with Gasteiger partial charge in [0.1, 0.15) is 18.6 Å². The molecule has 0 saturated carbocycles. The molecule has 1 aliphatic heterocycles. The third kappa shape index (κ3) is 11.2. The molecule has 17 heteroatoms. The van der Waals surface area contributed by atoms with Crippen LogP contribution >= 0.6 is 0 Å². The van der Waals surface area contributed by atoms with Crippen LogP contribution in [0, 0.1) is 0 Å². The van der Waals surface area contributed by atoms with Crippen LogP contribution in [0.15, 0.2) is 30.5 Å². The maximum absolute atomic E-state index is 12.9. The number of nitrogens with one attached hydrogen (secondary N) is 2. The van der Waals surface area contributed by atoms with Crippen LogP contribution in [0.2, 0.25) is 0 Å². The summed E-state index contributed by atoms with van der Waals surface area (Å²) in [6.45, 7) is 0.977. The Labute approximate surface area is 257 Å². The number of carboxylic acid groups (broad SMARTS) is 3. The van der Waals surface area contributed by atoms with E-state index in [1.165, 1.54) is 4.68 Å². The molecular formula is C28H36FN7O9. The Morgan fingerprint density at radius 3 is 2.00 bits per heavy atom. The van der Waals surface area contributed by atoms with E-state index in [1.54, 1.807) is 40.3 Å². The fraction of sp³-hybridized carbons (Fsp3) is 0.500. The summed E-state index contributed by atoms with van der Waals surface area (Å²) in [5.41, 5.74) is 1.83. The van der Waals surface area contributed by atoms with Gasteiger partial charge in [0.2, 0.25) is 11.8 Å². The van der Waals surface area contributed by atoms with E-state index in [9.17, 15) is 43.4 Å². The SMILES string of the molecule is O=C(O)CC[C@H](NC(=O)N[C@@H](Cc1ccc(CC(=O)N2CCN(C(=O)Cn3cc(CCCF)nn3)CC2)cc1)C(=O)O)C(=O)O. The third-order valence-corrected chi connectivity index (χ3v) is 7.11. The normalized spacial score (nSPS) is 14.3. The van der Waals surface area contributed by atoms with Crippen LogP contribution in [0.25, 0.3) is 0 Å². The highest BCUT2D eigenvalue weighted by molar-refractivity contribution is 5.86. The summed E-state index contributed by atoms with van der Waals surface area (Å²) in [5, 5.41) is 39.6. The average molecular weight is 634 g/mol. The van der Waals surface area contributed by atoms with Crippen molar-refractivity contribution in [2.75, 3.05) is 32.9 Å². The number of nitrogens with zero attached hydrogens (tertiary/aromatic N) is 5. The molecule has 1 aromatic heterocycles. The number of urea groups is 1. The zero-order valence-corrected chi connectivity index (χ0v) is 24.4. The maximum Gasteiger partial charge on any atom is 0.326 e. The van der Waals surface area contributed by atoms with Crippen molar-refractivity contribution in [2.45, 2.75) is 57.2 Å². The predicted octanol–water partition coefficient (Wildman–Crippen LogP) is -0.293. The quantitative estimate of drug-likeness (QED) is 0.161. The average Bonchev–Trinajstić information content (AvgIpc) is 3.45. The van der Waals surface area contributed by atoms with Crippen molar-refractivity contribution in [1.29, 1.82) is 0 Å². The van der Waals surface area contributed by atoms with E-state index in [0.29, 0.717) is 55.8 Å². The maximum atomic E-state index is 12.9. The Bertz CT molecular complexity index is 1360. The largest absolute Gasteiger partial charge is 0.481 e. The minimum absolute atomic E-state index is 0.00148. The lowest BCUT2D eigenvalue weighted by Gasteiger charge is -2.34. The summed E-state index contributed by atoms with van der Waals surface area (Å²) in [5.74, 6) is -4.36. The number of amides is 4. The number of aryl methyl sites for hydroxylation is 1. The summed E-state index contributed by atoms with van der Waals surface area (Å²) < 4.78 is 13.8. The van der Waals surface area contributed by atoms with Gasteiger partial charge in [0, 0.05) is 45.2 Å². The Kier molecular flexibility index (Phi) is 12.7. The zero-order chi connectivity index (χ0) is 32.9. The number of benzene rings is 1. The highest BCUT2D eigenvalue weighted by Crippen LogP contribution is 2.12. The number of halogens is 1. The van der Waals surface area contributed by atoms with Crippen LogP contribution in [-0.2, 0) is 49.8 Å². The number of carbonyl (C=O) groups is 6. The van der Waals surface area contributed by atoms with Crippen molar-refractivity contribution in [3.8, 4) is 0 Å². The number of piperazine rings is 1. The van der Waals surface area contributed by atoms with Crippen molar-refractivity contribution in [1.82, 2.24) is 35.4 Å². The molecule has 1 saturated heterocycles. The summed E-state index contributed by atoms with van der Waals surface area (Å²) in [6, 6.07) is 2.59. The third-order valence-electron chi connectivity index (χ3n) is 7.11. The molecule has 3 rings (SSSR count). The molecule has 1 fully saturated rings. The Morgan fingerprint density at radius 1 is 0.844 bits per heavy atom. The topological polar surface area (TPSA) is 224 Å². The first-order valence-corrected chi connectivity index (χ1v) is 14.3. The molecule has 2 aromatic rings. The van der Waals surface area contributed by atoms with Crippen LogP contribution in [0.1, 0.15) is 36.1 Å². The number of rotatable bonds is 16. The molecule has 45 heavy (non-hydrogen) atoms. The van der Waals surface area contributed by atoms with E-state index in [0.717, 1.165) is 0 Å². The van der Waals surface area contributed by atoms with Crippen molar-refractivity contribution < 1.29 is 48.5 Å². The predicted molar refractivity (Wildman–Crippen MR) is 153 cm³/mol. The molecular weight excluding hydrogens is 597 g/mol. The lowest BCUT2D eigenvalue weighted by molar-refractivity contribution is -0.141. The number of hydrogen-bond acceptors (Lipinski definition) is 8. The molecule has 5 N–H and O–H groups in total. The number of carbonyl (C=O) groups excluding carboxylic acids is 3. The first kappa shape index (κ1) is 34.4. The van der Waals surface area contributed by atoms with E-state index in [2.05, 4.69) is 20.9 Å². The van der Waals surface area contributed by atoms with Crippen LogP contribution < -0.4 is 10.6 Å². The van der Waals surface area contributed by atoms with Crippen LogP contribution in [0.4, 0.5) is 9.18 Å². The number of carboxylic acids is 3. The van der Waals surface area contributed by atoms with E-state index in [4.69, 9.17) is 5.11 Å². The molecule has 0 spiro atoms. The molecule has 0 bridgehead atoms. The summed E-state index contributed by atoms with van der Waals surface area (Å²) in [7, 11) is 0. The number of hydrogen-bond donors (Lipinski definition) is 5. The van der Waals surface area contributed by atoms with Gasteiger partial charge in [0.25, 0.3) is 0 Å². The zero-order valence-electron chi connectivity index (χ0n) is 24.4. The second-order valence-electron chi connectivity index (χ2n) is 10.5. The molecule has 0 unspecified atom stereocenters. The first-order valence-electron chi connectivity index (χ1n) is 14.3. The van der Waals surface area contributed by atoms with Gasteiger partial charge >= 0.3 is 23.9 Å². The molecule has 16 nitrogen and oxygen atoms in total. The van der Waals surface area contributed by atoms with Crippen LogP contribution in [0.5, 0.6) is 0 Å². The highest BCUT2D eigenvalue weighted by atomic mass is 19.1. The summed E-state index contributed by atoms with van der Waals surface area (Å²) in [4.78, 5) is 74.8. The van der Waals surface area contributed by atoms with Crippen molar-refractivity contribution in [3.05, 3.63) is 47.3 Å². The van der Waals surface area contributed by atoms with Gasteiger partial charge in [-0.2, -0.15) is 0 Å². The lowest BCUT2D eigenvalue weighted by Crippen LogP contribution is -2.51. The Morgan fingerprint density at radius 2 is 1.42 bits per heavy atom. The van der Waals surface area contributed by atoms with E-state index < -0.39 is 49.1 Å². The number of aliphatic carboxylic acids is 3. The fourth-order valence-corrected chi connectivity index (χ4v) is 4.62. The van der Waals surface area contributed by atoms with E-state index in [1.807, 2.05) is 0 Å². The van der Waals surface area contributed by atoms with Gasteiger partial charge in [0.15, 0.2) is 0 Å². The number of alkyl halides is 1. The fourth-order valence-electron chi connectivity index (χ4n) is 4.62. The molecule has 1 aromatic carbocycles.